The molecule has 16 heavy (non-hydrogen) atoms. The van der Waals surface area contributed by atoms with Gasteiger partial charge in [-0.05, 0) is 25.8 Å². The quantitative estimate of drug-likeness (QED) is 0.786. The third-order valence-corrected chi connectivity index (χ3v) is 2.56. The summed E-state index contributed by atoms with van der Waals surface area (Å²) < 4.78 is 0. The fourth-order valence-corrected chi connectivity index (χ4v) is 1.75. The highest BCUT2D eigenvalue weighted by molar-refractivity contribution is 5.80. The van der Waals surface area contributed by atoms with Gasteiger partial charge in [-0.25, -0.2) is 0 Å². The highest BCUT2D eigenvalue weighted by atomic mass is 16.2. The molecular formula is C13H20N2O. The molecule has 2 unspecified atom stereocenters. The Bertz CT molecular complexity index is 324. The Labute approximate surface area is 97.2 Å². The predicted molar refractivity (Wildman–Crippen MR) is 66.3 cm³/mol. The standard InChI is InChI=1S/C13H20N2O/c1-10(15-11(2)13(16)14-3)9-12-7-5-4-6-8-12/h4-8,10-11,15H,9H2,1-3H3,(H,14,16). The first kappa shape index (κ1) is 12.7. The van der Waals surface area contributed by atoms with Crippen molar-refractivity contribution in [3.05, 3.63) is 35.9 Å². The minimum Gasteiger partial charge on any atom is -0.358 e. The monoisotopic (exact) mass is 220 g/mol. The molecule has 2 N–H and O–H groups in total. The molecule has 0 saturated heterocycles. The van der Waals surface area contributed by atoms with Crippen LogP contribution >= 0.6 is 0 Å². The second-order valence-electron chi connectivity index (χ2n) is 4.09. The first-order valence-electron chi connectivity index (χ1n) is 5.65. The third kappa shape index (κ3) is 4.03. The molecule has 2 atom stereocenters. The molecule has 0 radical (unpaired) electrons. The Kier molecular flexibility index (Phi) is 4.99. The number of rotatable bonds is 5. The van der Waals surface area contributed by atoms with E-state index in [1.807, 2.05) is 25.1 Å². The van der Waals surface area contributed by atoms with Crippen LogP contribution in [0.15, 0.2) is 30.3 Å². The fourth-order valence-electron chi connectivity index (χ4n) is 1.75. The van der Waals surface area contributed by atoms with Crippen LogP contribution < -0.4 is 10.6 Å². The van der Waals surface area contributed by atoms with Gasteiger partial charge in [0.2, 0.25) is 5.91 Å². The molecular weight excluding hydrogens is 200 g/mol. The molecule has 0 aromatic heterocycles. The van der Waals surface area contributed by atoms with Gasteiger partial charge in [0.15, 0.2) is 0 Å². The van der Waals surface area contributed by atoms with Crippen LogP contribution in [0.1, 0.15) is 19.4 Å². The molecule has 0 aliphatic heterocycles. The van der Waals surface area contributed by atoms with Crippen molar-refractivity contribution in [2.75, 3.05) is 7.05 Å². The summed E-state index contributed by atoms with van der Waals surface area (Å²) in [7, 11) is 1.66. The maximum Gasteiger partial charge on any atom is 0.236 e. The number of likely N-dealkylation sites (N-methyl/N-ethyl adjacent to an activating group) is 1. The Balaban J connectivity index is 2.42. The van der Waals surface area contributed by atoms with E-state index in [0.717, 1.165) is 6.42 Å². The smallest absolute Gasteiger partial charge is 0.236 e. The number of hydrogen-bond donors (Lipinski definition) is 2. The van der Waals surface area contributed by atoms with Crippen molar-refractivity contribution in [3.63, 3.8) is 0 Å². The first-order valence-corrected chi connectivity index (χ1v) is 5.65. The lowest BCUT2D eigenvalue weighted by molar-refractivity contribution is -0.122. The minimum atomic E-state index is -0.149. The van der Waals surface area contributed by atoms with Crippen LogP contribution in [0.3, 0.4) is 0 Å². The molecule has 0 spiro atoms. The average Bonchev–Trinajstić information content (AvgIpc) is 2.29. The van der Waals surface area contributed by atoms with Gasteiger partial charge in [-0.15, -0.1) is 0 Å². The van der Waals surface area contributed by atoms with E-state index in [4.69, 9.17) is 0 Å². The summed E-state index contributed by atoms with van der Waals surface area (Å²) in [6.45, 7) is 3.97. The topological polar surface area (TPSA) is 41.1 Å². The molecule has 1 aromatic carbocycles. The highest BCUT2D eigenvalue weighted by Crippen LogP contribution is 2.03. The van der Waals surface area contributed by atoms with E-state index >= 15 is 0 Å². The number of hydrogen-bond acceptors (Lipinski definition) is 2. The van der Waals surface area contributed by atoms with Crippen LogP contribution in [0.2, 0.25) is 0 Å². The van der Waals surface area contributed by atoms with E-state index in [2.05, 4.69) is 29.7 Å². The first-order chi connectivity index (χ1) is 7.63. The van der Waals surface area contributed by atoms with Gasteiger partial charge in [-0.3, -0.25) is 4.79 Å². The third-order valence-electron chi connectivity index (χ3n) is 2.56. The molecule has 0 fully saturated rings. The van der Waals surface area contributed by atoms with Crippen molar-refractivity contribution in [2.45, 2.75) is 32.4 Å². The molecule has 3 heteroatoms. The van der Waals surface area contributed by atoms with Crippen molar-refractivity contribution in [1.29, 1.82) is 0 Å². The van der Waals surface area contributed by atoms with Crippen molar-refractivity contribution >= 4 is 5.91 Å². The second-order valence-corrected chi connectivity index (χ2v) is 4.09. The summed E-state index contributed by atoms with van der Waals surface area (Å²) in [6.07, 6.45) is 0.933. The Morgan fingerprint density at radius 3 is 2.44 bits per heavy atom. The lowest BCUT2D eigenvalue weighted by atomic mass is 10.1. The molecule has 3 nitrogen and oxygen atoms in total. The molecule has 88 valence electrons. The van der Waals surface area contributed by atoms with Gasteiger partial charge in [0.25, 0.3) is 0 Å². The molecule has 0 bridgehead atoms. The molecule has 0 saturated carbocycles. The minimum absolute atomic E-state index is 0.0277. The van der Waals surface area contributed by atoms with Crippen LogP contribution in [0.25, 0.3) is 0 Å². The highest BCUT2D eigenvalue weighted by Gasteiger charge is 2.13. The number of amides is 1. The van der Waals surface area contributed by atoms with E-state index in [0.29, 0.717) is 0 Å². The second kappa shape index (κ2) is 6.28. The van der Waals surface area contributed by atoms with Crippen molar-refractivity contribution in [3.8, 4) is 0 Å². The van der Waals surface area contributed by atoms with E-state index in [1.165, 1.54) is 5.56 Å². The Morgan fingerprint density at radius 1 is 1.25 bits per heavy atom. The lowest BCUT2D eigenvalue weighted by Gasteiger charge is -2.18. The molecule has 0 aliphatic carbocycles. The predicted octanol–water partition coefficient (Wildman–Crippen LogP) is 1.34. The maximum absolute atomic E-state index is 11.3. The summed E-state index contributed by atoms with van der Waals surface area (Å²) in [5.41, 5.74) is 1.28. The molecule has 0 aliphatic rings. The largest absolute Gasteiger partial charge is 0.358 e. The van der Waals surface area contributed by atoms with Gasteiger partial charge in [-0.2, -0.15) is 0 Å². The van der Waals surface area contributed by atoms with Crippen molar-refractivity contribution in [1.82, 2.24) is 10.6 Å². The SMILES string of the molecule is CNC(=O)C(C)NC(C)Cc1ccccc1. The van der Waals surface area contributed by atoms with Crippen LogP contribution in [-0.2, 0) is 11.2 Å². The summed E-state index contributed by atoms with van der Waals surface area (Å²) in [5.74, 6) is 0.0277. The number of carbonyl (C=O) groups is 1. The van der Waals surface area contributed by atoms with Gasteiger partial charge in [0.05, 0.1) is 6.04 Å². The van der Waals surface area contributed by atoms with Crippen molar-refractivity contribution in [2.24, 2.45) is 0 Å². The summed E-state index contributed by atoms with van der Waals surface area (Å²) in [4.78, 5) is 11.3. The van der Waals surface area contributed by atoms with Crippen LogP contribution in [0.5, 0.6) is 0 Å². The van der Waals surface area contributed by atoms with E-state index in [-0.39, 0.29) is 18.0 Å². The zero-order chi connectivity index (χ0) is 12.0. The normalized spacial score (nSPS) is 14.2. The number of nitrogens with one attached hydrogen (secondary N) is 2. The maximum atomic E-state index is 11.3. The van der Waals surface area contributed by atoms with Crippen molar-refractivity contribution < 1.29 is 4.79 Å². The zero-order valence-electron chi connectivity index (χ0n) is 10.2. The molecule has 1 rings (SSSR count). The Morgan fingerprint density at radius 2 is 1.88 bits per heavy atom. The van der Waals surface area contributed by atoms with Gasteiger partial charge in [0.1, 0.15) is 0 Å². The molecule has 1 aromatic rings. The zero-order valence-corrected chi connectivity index (χ0v) is 10.2. The summed E-state index contributed by atoms with van der Waals surface area (Å²) in [6, 6.07) is 10.4. The summed E-state index contributed by atoms with van der Waals surface area (Å²) in [5, 5.41) is 5.90. The van der Waals surface area contributed by atoms with Gasteiger partial charge < -0.3 is 10.6 Å². The fraction of sp³-hybridized carbons (Fsp3) is 0.462. The molecule has 0 heterocycles. The van der Waals surface area contributed by atoms with E-state index in [9.17, 15) is 4.79 Å². The number of carbonyl (C=O) groups excluding carboxylic acids is 1. The van der Waals surface area contributed by atoms with Gasteiger partial charge >= 0.3 is 0 Å². The van der Waals surface area contributed by atoms with Gasteiger partial charge in [0, 0.05) is 13.1 Å². The lowest BCUT2D eigenvalue weighted by Crippen LogP contribution is -2.45. The van der Waals surface area contributed by atoms with Crippen LogP contribution in [0.4, 0.5) is 0 Å². The summed E-state index contributed by atoms with van der Waals surface area (Å²) >= 11 is 0. The van der Waals surface area contributed by atoms with E-state index < -0.39 is 0 Å². The average molecular weight is 220 g/mol. The van der Waals surface area contributed by atoms with Gasteiger partial charge in [-0.1, -0.05) is 30.3 Å². The Hall–Kier alpha value is -1.35. The van der Waals surface area contributed by atoms with Crippen LogP contribution in [-0.4, -0.2) is 25.0 Å². The molecule has 1 amide bonds. The van der Waals surface area contributed by atoms with Crippen LogP contribution in [0, 0.1) is 0 Å². The number of benzene rings is 1. The van der Waals surface area contributed by atoms with E-state index in [1.54, 1.807) is 7.05 Å².